The molecule has 3 heterocycles. The van der Waals surface area contributed by atoms with Crippen molar-refractivity contribution < 1.29 is 4.92 Å². The third kappa shape index (κ3) is 3.37. The number of aromatic nitrogens is 2. The maximum atomic E-state index is 11.5. The average Bonchev–Trinajstić information content (AvgIpc) is 2.54. The van der Waals surface area contributed by atoms with E-state index in [1.54, 1.807) is 0 Å². The number of nitrogens with two attached hydrogens (primary N) is 1. The van der Waals surface area contributed by atoms with Crippen LogP contribution in [0.3, 0.4) is 0 Å². The number of hydrogen-bond acceptors (Lipinski definition) is 7. The molecule has 0 aromatic carbocycles. The molecule has 8 nitrogen and oxygen atoms in total. The van der Waals surface area contributed by atoms with Crippen molar-refractivity contribution in [1.29, 1.82) is 0 Å². The Morgan fingerprint density at radius 3 is 2.42 bits per heavy atom. The molecule has 0 spiro atoms. The summed E-state index contributed by atoms with van der Waals surface area (Å²) in [4.78, 5) is 24.0. The molecule has 3 rings (SSSR count). The molecule has 0 unspecified atom stereocenters. The minimum absolute atomic E-state index is 0.0307. The lowest BCUT2D eigenvalue weighted by molar-refractivity contribution is -0.383. The number of hydrogen-bond donors (Lipinski definition) is 1. The van der Waals surface area contributed by atoms with Crippen LogP contribution in [-0.4, -0.2) is 41.1 Å². The van der Waals surface area contributed by atoms with Gasteiger partial charge in [-0.25, -0.2) is 0 Å². The van der Waals surface area contributed by atoms with Crippen molar-refractivity contribution in [3.63, 3.8) is 0 Å². The van der Waals surface area contributed by atoms with Crippen LogP contribution < -0.4 is 15.5 Å². The number of nitrogen functional groups attached to an aromatic ring is 1. The van der Waals surface area contributed by atoms with Crippen molar-refractivity contribution in [2.75, 3.05) is 41.7 Å². The van der Waals surface area contributed by atoms with Gasteiger partial charge in [0, 0.05) is 26.2 Å². The molecule has 0 aliphatic carbocycles. The van der Waals surface area contributed by atoms with Crippen molar-refractivity contribution in [2.45, 2.75) is 39.5 Å². The molecule has 0 amide bonds. The first-order valence-electron chi connectivity index (χ1n) is 8.77. The third-order valence-corrected chi connectivity index (χ3v) is 5.09. The van der Waals surface area contributed by atoms with Gasteiger partial charge < -0.3 is 15.5 Å². The van der Waals surface area contributed by atoms with Gasteiger partial charge in [0.15, 0.2) is 0 Å². The van der Waals surface area contributed by atoms with E-state index in [1.165, 1.54) is 0 Å². The first-order valence-corrected chi connectivity index (χ1v) is 8.77. The van der Waals surface area contributed by atoms with Crippen molar-refractivity contribution in [2.24, 2.45) is 11.8 Å². The van der Waals surface area contributed by atoms with Gasteiger partial charge in [-0.3, -0.25) is 10.1 Å². The molecule has 2 N–H and O–H groups in total. The van der Waals surface area contributed by atoms with Crippen molar-refractivity contribution in [1.82, 2.24) is 9.97 Å². The maximum Gasteiger partial charge on any atom is 0.353 e. The molecular weight excluding hydrogens is 308 g/mol. The molecule has 2 aliphatic heterocycles. The number of nitro groups is 1. The lowest BCUT2D eigenvalue weighted by atomic mass is 9.99. The highest BCUT2D eigenvalue weighted by Gasteiger charge is 2.31. The SMILES string of the molecule is CC1CCN(c2nc(N)c([N+](=O)[O-])c(N3CCC[C@@H](C)C3)n2)CC1. The second-order valence-corrected chi connectivity index (χ2v) is 7.20. The van der Waals surface area contributed by atoms with E-state index in [-0.39, 0.29) is 11.5 Å². The van der Waals surface area contributed by atoms with Crippen LogP contribution in [0.5, 0.6) is 0 Å². The molecule has 132 valence electrons. The van der Waals surface area contributed by atoms with E-state index in [0.29, 0.717) is 23.6 Å². The Hall–Kier alpha value is -2.12. The number of piperidine rings is 2. The molecule has 2 saturated heterocycles. The Labute approximate surface area is 142 Å². The minimum Gasteiger partial charge on any atom is -0.378 e. The summed E-state index contributed by atoms with van der Waals surface area (Å²) in [6, 6.07) is 0. The fourth-order valence-electron chi connectivity index (χ4n) is 3.58. The van der Waals surface area contributed by atoms with Crippen LogP contribution in [-0.2, 0) is 0 Å². The monoisotopic (exact) mass is 334 g/mol. The van der Waals surface area contributed by atoms with Crippen LogP contribution in [0.25, 0.3) is 0 Å². The molecule has 1 aromatic rings. The summed E-state index contributed by atoms with van der Waals surface area (Å²) < 4.78 is 0. The van der Waals surface area contributed by atoms with E-state index in [9.17, 15) is 10.1 Å². The molecule has 1 atom stereocenters. The van der Waals surface area contributed by atoms with Gasteiger partial charge in [0.1, 0.15) is 0 Å². The summed E-state index contributed by atoms with van der Waals surface area (Å²) >= 11 is 0. The average molecular weight is 334 g/mol. The Kier molecular flexibility index (Phi) is 4.73. The van der Waals surface area contributed by atoms with Crippen LogP contribution in [0.4, 0.5) is 23.3 Å². The molecule has 24 heavy (non-hydrogen) atoms. The van der Waals surface area contributed by atoms with Gasteiger partial charge in [-0.15, -0.1) is 0 Å². The Morgan fingerprint density at radius 1 is 1.08 bits per heavy atom. The molecule has 1 aromatic heterocycles. The number of nitrogens with zero attached hydrogens (tertiary/aromatic N) is 5. The van der Waals surface area contributed by atoms with Gasteiger partial charge in [-0.1, -0.05) is 13.8 Å². The lowest BCUT2D eigenvalue weighted by Gasteiger charge is -2.33. The van der Waals surface area contributed by atoms with Gasteiger partial charge in [0.05, 0.1) is 4.92 Å². The first-order chi connectivity index (χ1) is 11.5. The summed E-state index contributed by atoms with van der Waals surface area (Å²) in [7, 11) is 0. The second-order valence-electron chi connectivity index (χ2n) is 7.20. The number of anilines is 3. The molecule has 0 radical (unpaired) electrons. The smallest absolute Gasteiger partial charge is 0.353 e. The van der Waals surface area contributed by atoms with Gasteiger partial charge in [0.2, 0.25) is 17.6 Å². The predicted octanol–water partition coefficient (Wildman–Crippen LogP) is 2.44. The Bertz CT molecular complexity index is 615. The fourth-order valence-corrected chi connectivity index (χ4v) is 3.58. The van der Waals surface area contributed by atoms with Gasteiger partial charge in [0.25, 0.3) is 0 Å². The van der Waals surface area contributed by atoms with E-state index in [1.807, 2.05) is 4.90 Å². The Balaban J connectivity index is 1.96. The zero-order valence-corrected chi connectivity index (χ0v) is 14.4. The highest BCUT2D eigenvalue weighted by Crippen LogP contribution is 2.35. The molecule has 0 bridgehead atoms. The largest absolute Gasteiger partial charge is 0.378 e. The molecule has 2 aliphatic rings. The summed E-state index contributed by atoms with van der Waals surface area (Å²) in [6.45, 7) is 7.69. The van der Waals surface area contributed by atoms with Crippen LogP contribution in [0, 0.1) is 22.0 Å². The first kappa shape index (κ1) is 16.7. The molecular formula is C16H26N6O2. The standard InChI is InChI=1S/C16H26N6O2/c1-11-5-8-20(9-6-11)16-18-14(17)13(22(23)24)15(19-16)21-7-3-4-12(2)10-21/h11-12H,3-10H2,1-2H3,(H2,17,18,19)/t12-/m1/s1. The second kappa shape index (κ2) is 6.78. The minimum atomic E-state index is -0.452. The van der Waals surface area contributed by atoms with Crippen LogP contribution in [0.1, 0.15) is 39.5 Å². The lowest BCUT2D eigenvalue weighted by Crippen LogP contribution is -2.37. The summed E-state index contributed by atoms with van der Waals surface area (Å²) in [5.41, 5.74) is 5.80. The number of rotatable bonds is 3. The summed E-state index contributed by atoms with van der Waals surface area (Å²) in [5.74, 6) is 2.07. The topological polar surface area (TPSA) is 101 Å². The zero-order valence-electron chi connectivity index (χ0n) is 14.4. The third-order valence-electron chi connectivity index (χ3n) is 5.09. The van der Waals surface area contributed by atoms with Gasteiger partial charge >= 0.3 is 5.69 Å². The molecule has 0 saturated carbocycles. The van der Waals surface area contributed by atoms with Crippen LogP contribution in [0.15, 0.2) is 0 Å². The van der Waals surface area contributed by atoms with Crippen molar-refractivity contribution in [3.8, 4) is 0 Å². The normalized spacial score (nSPS) is 22.7. The fraction of sp³-hybridized carbons (Fsp3) is 0.750. The quantitative estimate of drug-likeness (QED) is 0.669. The van der Waals surface area contributed by atoms with E-state index in [0.717, 1.165) is 51.9 Å². The Morgan fingerprint density at radius 2 is 1.79 bits per heavy atom. The van der Waals surface area contributed by atoms with Crippen molar-refractivity contribution in [3.05, 3.63) is 10.1 Å². The van der Waals surface area contributed by atoms with Crippen LogP contribution >= 0.6 is 0 Å². The summed E-state index contributed by atoms with van der Waals surface area (Å²) in [6.07, 6.45) is 4.31. The van der Waals surface area contributed by atoms with Crippen molar-refractivity contribution >= 4 is 23.3 Å². The maximum absolute atomic E-state index is 11.5. The predicted molar refractivity (Wildman–Crippen MR) is 94.3 cm³/mol. The van der Waals surface area contributed by atoms with E-state index in [2.05, 4.69) is 28.7 Å². The van der Waals surface area contributed by atoms with Gasteiger partial charge in [-0.2, -0.15) is 9.97 Å². The van der Waals surface area contributed by atoms with E-state index < -0.39 is 4.92 Å². The molecule has 8 heteroatoms. The summed E-state index contributed by atoms with van der Waals surface area (Å²) in [5, 5.41) is 11.5. The highest BCUT2D eigenvalue weighted by molar-refractivity contribution is 5.71. The molecule has 2 fully saturated rings. The van der Waals surface area contributed by atoms with Crippen LogP contribution in [0.2, 0.25) is 0 Å². The van der Waals surface area contributed by atoms with E-state index in [4.69, 9.17) is 5.73 Å². The van der Waals surface area contributed by atoms with E-state index >= 15 is 0 Å². The van der Waals surface area contributed by atoms with Gasteiger partial charge in [-0.05, 0) is 37.5 Å². The highest BCUT2D eigenvalue weighted by atomic mass is 16.6. The zero-order chi connectivity index (χ0) is 17.3.